The number of nitrogens with zero attached hydrogens (tertiary/aromatic N) is 1. The van der Waals surface area contributed by atoms with E-state index in [0.717, 1.165) is 19.5 Å². The van der Waals surface area contributed by atoms with Crippen molar-refractivity contribution in [1.82, 2.24) is 4.90 Å². The van der Waals surface area contributed by atoms with Crippen LogP contribution in [0, 0.1) is 0 Å². The quantitative estimate of drug-likeness (QED) is 0.637. The second-order valence-electron chi connectivity index (χ2n) is 4.17. The van der Waals surface area contributed by atoms with Gasteiger partial charge in [-0.15, -0.1) is 0 Å². The maximum Gasteiger partial charge on any atom is 0.346 e. The Bertz CT molecular complexity index is 397. The van der Waals surface area contributed by atoms with Crippen LogP contribution in [0.5, 0.6) is 0 Å². The van der Waals surface area contributed by atoms with Crippen molar-refractivity contribution in [2.24, 2.45) is 5.73 Å². The number of hydrogen-bond acceptors (Lipinski definition) is 5. The Labute approximate surface area is 107 Å². The molecule has 0 bridgehead atoms. The Morgan fingerprint density at radius 1 is 1.11 bits per heavy atom. The van der Waals surface area contributed by atoms with Crippen LogP contribution >= 0.6 is 0 Å². The fourth-order valence-corrected chi connectivity index (χ4v) is 1.44. The molecule has 0 unspecified atom stereocenters. The summed E-state index contributed by atoms with van der Waals surface area (Å²) in [6, 6.07) is 6.53. The monoisotopic (exact) mass is 250 g/mol. The molecule has 0 fully saturated rings. The lowest BCUT2D eigenvalue weighted by atomic mass is 10.1. The molecule has 0 aromatic heterocycles. The summed E-state index contributed by atoms with van der Waals surface area (Å²) >= 11 is 0. The van der Waals surface area contributed by atoms with Gasteiger partial charge in [-0.3, -0.25) is 0 Å². The van der Waals surface area contributed by atoms with Gasteiger partial charge in [-0.1, -0.05) is 12.1 Å². The number of cyclic esters (lactones) is 2. The minimum atomic E-state index is -0.550. The molecular weight excluding hydrogens is 232 g/mol. The second-order valence-corrected chi connectivity index (χ2v) is 4.17. The Morgan fingerprint density at radius 3 is 1.94 bits per heavy atom. The Balaban J connectivity index is 0.000000203. The second kappa shape index (κ2) is 6.88. The summed E-state index contributed by atoms with van der Waals surface area (Å²) < 4.78 is 4.35. The van der Waals surface area contributed by atoms with E-state index in [1.807, 2.05) is 0 Å². The zero-order valence-electron chi connectivity index (χ0n) is 10.7. The molecule has 5 heteroatoms. The molecule has 18 heavy (non-hydrogen) atoms. The summed E-state index contributed by atoms with van der Waals surface area (Å²) in [7, 11) is 4.10. The van der Waals surface area contributed by atoms with Crippen LogP contribution in [0.3, 0.4) is 0 Å². The third-order valence-electron chi connectivity index (χ3n) is 2.36. The van der Waals surface area contributed by atoms with Crippen LogP contribution in [-0.4, -0.2) is 44.0 Å². The predicted molar refractivity (Wildman–Crippen MR) is 68.4 cm³/mol. The fraction of sp³-hybridized carbons (Fsp3) is 0.385. The van der Waals surface area contributed by atoms with E-state index in [-0.39, 0.29) is 0 Å². The van der Waals surface area contributed by atoms with Gasteiger partial charge in [0.15, 0.2) is 0 Å². The molecule has 0 amide bonds. The zero-order chi connectivity index (χ0) is 13.5. The molecule has 2 N–H and O–H groups in total. The highest BCUT2D eigenvalue weighted by Crippen LogP contribution is 2.18. The smallest absolute Gasteiger partial charge is 0.346 e. The van der Waals surface area contributed by atoms with E-state index >= 15 is 0 Å². The molecule has 0 aliphatic carbocycles. The van der Waals surface area contributed by atoms with E-state index in [9.17, 15) is 9.59 Å². The summed E-state index contributed by atoms with van der Waals surface area (Å²) in [6.45, 7) is 1.91. The maximum absolute atomic E-state index is 10.8. The van der Waals surface area contributed by atoms with Crippen molar-refractivity contribution < 1.29 is 14.3 Å². The van der Waals surface area contributed by atoms with Crippen LogP contribution in [0.15, 0.2) is 24.3 Å². The third-order valence-corrected chi connectivity index (χ3v) is 2.36. The Hall–Kier alpha value is -1.72. The van der Waals surface area contributed by atoms with Crippen LogP contribution in [-0.2, 0) is 4.74 Å². The number of nitrogens with two attached hydrogens (primary N) is 1. The molecule has 2 rings (SSSR count). The van der Waals surface area contributed by atoms with Crippen molar-refractivity contribution in [2.45, 2.75) is 6.42 Å². The van der Waals surface area contributed by atoms with Crippen LogP contribution in [0.4, 0.5) is 0 Å². The average molecular weight is 250 g/mol. The first kappa shape index (κ1) is 14.3. The summed E-state index contributed by atoms with van der Waals surface area (Å²) in [4.78, 5) is 23.8. The van der Waals surface area contributed by atoms with E-state index in [4.69, 9.17) is 5.73 Å². The Morgan fingerprint density at radius 2 is 1.61 bits per heavy atom. The lowest BCUT2D eigenvalue weighted by Crippen LogP contribution is -2.16. The highest BCUT2D eigenvalue weighted by atomic mass is 16.6. The lowest BCUT2D eigenvalue weighted by molar-refractivity contribution is 0.0444. The molecule has 5 nitrogen and oxygen atoms in total. The van der Waals surface area contributed by atoms with Gasteiger partial charge in [-0.05, 0) is 45.7 Å². The van der Waals surface area contributed by atoms with Crippen LogP contribution in [0.25, 0.3) is 0 Å². The van der Waals surface area contributed by atoms with Gasteiger partial charge in [-0.2, -0.15) is 0 Å². The van der Waals surface area contributed by atoms with Crippen molar-refractivity contribution in [3.8, 4) is 0 Å². The molecule has 0 radical (unpaired) electrons. The molecule has 1 aliphatic heterocycles. The summed E-state index contributed by atoms with van der Waals surface area (Å²) in [5.41, 5.74) is 5.97. The molecular formula is C13H18N2O3. The Kier molecular flexibility index (Phi) is 5.48. The minimum absolute atomic E-state index is 0.359. The number of carbonyl (C=O) groups excluding carboxylic acids is 2. The van der Waals surface area contributed by atoms with Gasteiger partial charge < -0.3 is 15.4 Å². The first-order chi connectivity index (χ1) is 8.56. The first-order valence-electron chi connectivity index (χ1n) is 5.76. The van der Waals surface area contributed by atoms with E-state index < -0.39 is 11.9 Å². The van der Waals surface area contributed by atoms with Gasteiger partial charge in [0.05, 0.1) is 11.1 Å². The largest absolute Gasteiger partial charge is 0.386 e. The summed E-state index contributed by atoms with van der Waals surface area (Å²) in [6.07, 6.45) is 1.10. The number of ether oxygens (including phenoxy) is 1. The highest BCUT2D eigenvalue weighted by molar-refractivity contribution is 6.14. The van der Waals surface area contributed by atoms with Crippen molar-refractivity contribution >= 4 is 11.9 Å². The average Bonchev–Trinajstić information content (AvgIpc) is 2.64. The third kappa shape index (κ3) is 3.94. The highest BCUT2D eigenvalue weighted by Gasteiger charge is 2.28. The van der Waals surface area contributed by atoms with Gasteiger partial charge in [0.1, 0.15) is 0 Å². The molecule has 98 valence electrons. The van der Waals surface area contributed by atoms with Crippen molar-refractivity contribution in [3.05, 3.63) is 35.4 Å². The zero-order valence-corrected chi connectivity index (χ0v) is 10.7. The standard InChI is InChI=1S/C8H4O3.C5H14N2/c9-7-5-3-1-2-4-6(5)8(10)11-7;1-7(2)5-3-4-6/h1-4H;3-6H2,1-2H3. The molecule has 1 aromatic carbocycles. The molecule has 0 saturated heterocycles. The fourth-order valence-electron chi connectivity index (χ4n) is 1.44. The molecule has 1 heterocycles. The van der Waals surface area contributed by atoms with Crippen molar-refractivity contribution in [3.63, 3.8) is 0 Å². The number of carbonyl (C=O) groups is 2. The number of esters is 2. The minimum Gasteiger partial charge on any atom is -0.386 e. The lowest BCUT2D eigenvalue weighted by Gasteiger charge is -2.05. The number of fused-ring (bicyclic) bond motifs is 1. The van der Waals surface area contributed by atoms with E-state index in [1.165, 1.54) is 0 Å². The number of rotatable bonds is 3. The van der Waals surface area contributed by atoms with E-state index in [1.54, 1.807) is 24.3 Å². The normalized spacial score (nSPS) is 12.9. The summed E-state index contributed by atoms with van der Waals surface area (Å²) in [5.74, 6) is -1.10. The molecule has 0 saturated carbocycles. The predicted octanol–water partition coefficient (Wildman–Crippen LogP) is 0.894. The van der Waals surface area contributed by atoms with Gasteiger partial charge in [0.25, 0.3) is 0 Å². The molecule has 1 aromatic rings. The van der Waals surface area contributed by atoms with E-state index in [0.29, 0.717) is 11.1 Å². The molecule has 0 atom stereocenters. The van der Waals surface area contributed by atoms with Gasteiger partial charge in [0.2, 0.25) is 0 Å². The first-order valence-corrected chi connectivity index (χ1v) is 5.76. The summed E-state index contributed by atoms with van der Waals surface area (Å²) in [5, 5.41) is 0. The van der Waals surface area contributed by atoms with Gasteiger partial charge >= 0.3 is 11.9 Å². The van der Waals surface area contributed by atoms with Gasteiger partial charge in [-0.25, -0.2) is 9.59 Å². The molecule has 1 aliphatic rings. The SMILES string of the molecule is CN(C)CCCN.O=C1OC(=O)c2ccccc21. The van der Waals surface area contributed by atoms with E-state index in [2.05, 4.69) is 23.7 Å². The van der Waals surface area contributed by atoms with Crippen LogP contribution in [0.1, 0.15) is 27.1 Å². The van der Waals surface area contributed by atoms with Crippen molar-refractivity contribution in [2.75, 3.05) is 27.2 Å². The number of hydrogen-bond donors (Lipinski definition) is 1. The van der Waals surface area contributed by atoms with Crippen LogP contribution in [0.2, 0.25) is 0 Å². The van der Waals surface area contributed by atoms with Gasteiger partial charge in [0, 0.05) is 0 Å². The number of benzene rings is 1. The topological polar surface area (TPSA) is 72.6 Å². The molecule has 0 spiro atoms. The van der Waals surface area contributed by atoms with Crippen molar-refractivity contribution in [1.29, 1.82) is 0 Å². The maximum atomic E-state index is 10.8. The van der Waals surface area contributed by atoms with Crippen LogP contribution < -0.4 is 5.73 Å².